The van der Waals surface area contributed by atoms with Gasteiger partial charge in [0.15, 0.2) is 0 Å². The second-order valence-electron chi connectivity index (χ2n) is 5.08. The highest BCUT2D eigenvalue weighted by Crippen LogP contribution is 2.13. The third-order valence-electron chi connectivity index (χ3n) is 3.67. The van der Waals surface area contributed by atoms with Crippen LogP contribution in [-0.2, 0) is 9.53 Å². The lowest BCUT2D eigenvalue weighted by molar-refractivity contribution is -0.121. The van der Waals surface area contributed by atoms with Crippen molar-refractivity contribution in [3.63, 3.8) is 0 Å². The van der Waals surface area contributed by atoms with E-state index >= 15 is 0 Å². The van der Waals surface area contributed by atoms with Crippen LogP contribution in [0.2, 0.25) is 0 Å². The number of carbonyl (C=O) groups is 2. The van der Waals surface area contributed by atoms with E-state index < -0.39 is 0 Å². The highest BCUT2D eigenvalue weighted by atomic mass is 16.5. The molecule has 2 aliphatic heterocycles. The van der Waals surface area contributed by atoms with E-state index in [1.54, 1.807) is 4.90 Å². The van der Waals surface area contributed by atoms with Crippen LogP contribution in [0.4, 0.5) is 0 Å². The molecule has 1 aromatic carbocycles. The van der Waals surface area contributed by atoms with Gasteiger partial charge in [-0.25, -0.2) is 5.43 Å². The lowest BCUT2D eigenvalue weighted by atomic mass is 10.0. The van der Waals surface area contributed by atoms with Crippen molar-refractivity contribution >= 4 is 17.5 Å². The topological polar surface area (TPSA) is 71.0 Å². The summed E-state index contributed by atoms with van der Waals surface area (Å²) < 4.78 is 5.25. The van der Waals surface area contributed by atoms with E-state index in [0.29, 0.717) is 44.7 Å². The number of morpholine rings is 1. The molecule has 0 radical (unpaired) electrons. The monoisotopic (exact) mass is 287 g/mol. The van der Waals surface area contributed by atoms with E-state index in [1.165, 1.54) is 0 Å². The molecule has 2 amide bonds. The number of carbonyl (C=O) groups excluding carboxylic acids is 2. The Bertz CT molecular complexity index is 574. The Morgan fingerprint density at radius 2 is 1.86 bits per heavy atom. The third kappa shape index (κ3) is 3.11. The predicted octanol–water partition coefficient (Wildman–Crippen LogP) is 0.773. The molecule has 6 nitrogen and oxygen atoms in total. The molecular weight excluding hydrogens is 270 g/mol. The maximum Gasteiger partial charge on any atom is 0.254 e. The Morgan fingerprint density at radius 1 is 1.14 bits per heavy atom. The molecule has 1 N–H and O–H groups in total. The molecule has 1 aromatic rings. The summed E-state index contributed by atoms with van der Waals surface area (Å²) in [5.74, 6) is -0.0263. The number of nitrogens with one attached hydrogen (secondary N) is 1. The molecule has 0 spiro atoms. The van der Waals surface area contributed by atoms with Crippen molar-refractivity contribution in [2.75, 3.05) is 26.3 Å². The molecule has 0 aromatic heterocycles. The van der Waals surface area contributed by atoms with E-state index in [9.17, 15) is 9.59 Å². The molecule has 1 saturated heterocycles. The van der Waals surface area contributed by atoms with E-state index in [2.05, 4.69) is 10.5 Å². The van der Waals surface area contributed by atoms with Crippen molar-refractivity contribution in [3.8, 4) is 0 Å². The van der Waals surface area contributed by atoms with Gasteiger partial charge < -0.3 is 9.64 Å². The van der Waals surface area contributed by atoms with Gasteiger partial charge in [0, 0.05) is 31.5 Å². The molecule has 2 aliphatic rings. The van der Waals surface area contributed by atoms with Crippen molar-refractivity contribution in [2.24, 2.45) is 5.10 Å². The summed E-state index contributed by atoms with van der Waals surface area (Å²) in [6.07, 6.45) is 1.08. The van der Waals surface area contributed by atoms with Gasteiger partial charge in [-0.1, -0.05) is 12.1 Å². The van der Waals surface area contributed by atoms with Crippen LogP contribution in [0.3, 0.4) is 0 Å². The summed E-state index contributed by atoms with van der Waals surface area (Å²) in [6, 6.07) is 7.38. The van der Waals surface area contributed by atoms with Gasteiger partial charge in [0.2, 0.25) is 5.91 Å². The van der Waals surface area contributed by atoms with Crippen LogP contribution in [0.25, 0.3) is 0 Å². The largest absolute Gasteiger partial charge is 0.378 e. The summed E-state index contributed by atoms with van der Waals surface area (Å²) in [5, 5.41) is 4.05. The zero-order valence-electron chi connectivity index (χ0n) is 11.7. The summed E-state index contributed by atoms with van der Waals surface area (Å²) in [5.41, 5.74) is 4.93. The van der Waals surface area contributed by atoms with Gasteiger partial charge >= 0.3 is 0 Å². The van der Waals surface area contributed by atoms with Crippen molar-refractivity contribution in [2.45, 2.75) is 12.8 Å². The first-order valence-electron chi connectivity index (χ1n) is 7.07. The number of ether oxygens (including phenoxy) is 1. The molecule has 0 aliphatic carbocycles. The van der Waals surface area contributed by atoms with Gasteiger partial charge in [-0.15, -0.1) is 0 Å². The van der Waals surface area contributed by atoms with Gasteiger partial charge in [-0.05, 0) is 17.7 Å². The zero-order valence-corrected chi connectivity index (χ0v) is 11.7. The molecule has 0 bridgehead atoms. The molecule has 0 saturated carbocycles. The summed E-state index contributed by atoms with van der Waals surface area (Å²) >= 11 is 0. The fourth-order valence-corrected chi connectivity index (χ4v) is 2.44. The average molecular weight is 287 g/mol. The standard InChI is InChI=1S/C15H17N3O3/c19-14-6-5-13(16-17-14)11-1-3-12(4-2-11)15(20)18-7-9-21-10-8-18/h1-4H,5-10H2,(H,17,19). The maximum atomic E-state index is 12.3. The zero-order chi connectivity index (χ0) is 14.7. The van der Waals surface area contributed by atoms with Gasteiger partial charge in [0.25, 0.3) is 5.91 Å². The number of rotatable bonds is 2. The Kier molecular flexibility index (Phi) is 3.96. The fourth-order valence-electron chi connectivity index (χ4n) is 2.44. The minimum Gasteiger partial charge on any atom is -0.378 e. The van der Waals surface area contributed by atoms with Crippen molar-refractivity contribution in [1.29, 1.82) is 0 Å². The smallest absolute Gasteiger partial charge is 0.254 e. The second kappa shape index (κ2) is 6.05. The van der Waals surface area contributed by atoms with Crippen LogP contribution in [0.5, 0.6) is 0 Å². The first kappa shape index (κ1) is 13.8. The highest BCUT2D eigenvalue weighted by Gasteiger charge is 2.19. The van der Waals surface area contributed by atoms with Crippen LogP contribution in [-0.4, -0.2) is 48.7 Å². The first-order valence-corrected chi connectivity index (χ1v) is 7.07. The second-order valence-corrected chi connectivity index (χ2v) is 5.08. The van der Waals surface area contributed by atoms with E-state index in [0.717, 1.165) is 11.3 Å². The summed E-state index contributed by atoms with van der Waals surface area (Å²) in [7, 11) is 0. The Hall–Kier alpha value is -2.21. The number of hydrogen-bond acceptors (Lipinski definition) is 4. The van der Waals surface area contributed by atoms with Gasteiger partial charge in [-0.2, -0.15) is 5.10 Å². The first-order chi connectivity index (χ1) is 10.2. The maximum absolute atomic E-state index is 12.3. The normalized spacial score (nSPS) is 19.0. The SMILES string of the molecule is O=C1CCC(c2ccc(C(=O)N3CCOCC3)cc2)=NN1. The molecule has 0 atom stereocenters. The van der Waals surface area contributed by atoms with Gasteiger partial charge in [0.05, 0.1) is 18.9 Å². The molecular formula is C15H17N3O3. The van der Waals surface area contributed by atoms with Crippen LogP contribution >= 0.6 is 0 Å². The van der Waals surface area contributed by atoms with Gasteiger partial charge in [-0.3, -0.25) is 9.59 Å². The van der Waals surface area contributed by atoms with E-state index in [-0.39, 0.29) is 11.8 Å². The summed E-state index contributed by atoms with van der Waals surface area (Å²) in [6.45, 7) is 2.47. The third-order valence-corrected chi connectivity index (χ3v) is 3.67. The summed E-state index contributed by atoms with van der Waals surface area (Å²) in [4.78, 5) is 25.2. The highest BCUT2D eigenvalue weighted by molar-refractivity contribution is 6.05. The number of benzene rings is 1. The minimum absolute atomic E-state index is 0.0312. The molecule has 21 heavy (non-hydrogen) atoms. The van der Waals surface area contributed by atoms with Crippen LogP contribution < -0.4 is 5.43 Å². The fraction of sp³-hybridized carbons (Fsp3) is 0.400. The van der Waals surface area contributed by atoms with Crippen LogP contribution in [0.15, 0.2) is 29.4 Å². The molecule has 3 rings (SSSR count). The lowest BCUT2D eigenvalue weighted by Crippen LogP contribution is -2.40. The predicted molar refractivity (Wildman–Crippen MR) is 77.1 cm³/mol. The lowest BCUT2D eigenvalue weighted by Gasteiger charge is -2.26. The van der Waals surface area contributed by atoms with E-state index in [4.69, 9.17) is 4.74 Å². The average Bonchev–Trinajstić information content (AvgIpc) is 2.56. The van der Waals surface area contributed by atoms with Crippen molar-refractivity contribution in [3.05, 3.63) is 35.4 Å². The molecule has 110 valence electrons. The number of amides is 2. The van der Waals surface area contributed by atoms with Crippen molar-refractivity contribution < 1.29 is 14.3 Å². The molecule has 6 heteroatoms. The van der Waals surface area contributed by atoms with E-state index in [1.807, 2.05) is 24.3 Å². The number of hydrazone groups is 1. The molecule has 1 fully saturated rings. The van der Waals surface area contributed by atoms with Crippen molar-refractivity contribution in [1.82, 2.24) is 10.3 Å². The number of hydrogen-bond donors (Lipinski definition) is 1. The van der Waals surface area contributed by atoms with Gasteiger partial charge in [0.1, 0.15) is 0 Å². The molecule has 0 unspecified atom stereocenters. The Morgan fingerprint density at radius 3 is 2.48 bits per heavy atom. The Labute approximate surface area is 122 Å². The quantitative estimate of drug-likeness (QED) is 0.873. The number of nitrogens with zero attached hydrogens (tertiary/aromatic N) is 2. The Balaban J connectivity index is 1.71. The van der Waals surface area contributed by atoms with Crippen LogP contribution in [0.1, 0.15) is 28.8 Å². The van der Waals surface area contributed by atoms with Crippen LogP contribution in [0, 0.1) is 0 Å². The molecule has 2 heterocycles. The minimum atomic E-state index is -0.0575.